The number of methoxy groups -OCH3 is 1. The third-order valence-corrected chi connectivity index (χ3v) is 6.53. The molecular weight excluding hydrogens is 452 g/mol. The number of nitrogens with one attached hydrogen (secondary N) is 2. The van der Waals surface area contributed by atoms with E-state index in [2.05, 4.69) is 15.0 Å². The largest absolute Gasteiger partial charge is 0.494 e. The minimum Gasteiger partial charge on any atom is -0.494 e. The maximum absolute atomic E-state index is 13.4. The number of aromatic nitrogens is 2. The molecule has 1 aromatic heterocycles. The fraction of sp³-hybridized carbons (Fsp3) is 0.120. The second kappa shape index (κ2) is 9.40. The lowest BCUT2D eigenvalue weighted by atomic mass is 10.1. The van der Waals surface area contributed by atoms with Crippen LogP contribution < -0.4 is 14.8 Å². The molecule has 2 N–H and O–H groups in total. The maximum atomic E-state index is 13.4. The highest BCUT2D eigenvalue weighted by atomic mass is 32.2. The van der Waals surface area contributed by atoms with Crippen LogP contribution in [0, 0.1) is 6.92 Å². The molecule has 174 valence electrons. The number of carbonyl (C=O) groups is 1. The van der Waals surface area contributed by atoms with Gasteiger partial charge < -0.3 is 14.6 Å². The van der Waals surface area contributed by atoms with Gasteiger partial charge in [-0.2, -0.15) is 0 Å². The highest BCUT2D eigenvalue weighted by Crippen LogP contribution is 2.32. The number of ether oxygens (including phenoxy) is 1. The first-order chi connectivity index (χ1) is 16.3. The third kappa shape index (κ3) is 4.94. The summed E-state index contributed by atoms with van der Waals surface area (Å²) in [6, 6.07) is 18.8. The second-order valence-corrected chi connectivity index (χ2v) is 9.32. The Hall–Kier alpha value is -4.11. The molecule has 0 atom stereocenters. The fourth-order valence-corrected chi connectivity index (χ4v) is 4.91. The highest BCUT2D eigenvalue weighted by Gasteiger charge is 2.20. The Kier molecular flexibility index (Phi) is 6.38. The molecule has 0 aliphatic heterocycles. The van der Waals surface area contributed by atoms with Crippen molar-refractivity contribution in [3.63, 3.8) is 0 Å². The molecule has 1 amide bonds. The average molecular weight is 477 g/mol. The van der Waals surface area contributed by atoms with E-state index >= 15 is 0 Å². The number of anilines is 2. The van der Waals surface area contributed by atoms with Gasteiger partial charge in [0, 0.05) is 30.4 Å². The van der Waals surface area contributed by atoms with Gasteiger partial charge in [-0.05, 0) is 42.8 Å². The van der Waals surface area contributed by atoms with E-state index < -0.39 is 10.0 Å². The molecule has 9 heteroatoms. The molecular formula is C25H24N4O4S. The van der Waals surface area contributed by atoms with Crippen molar-refractivity contribution in [2.24, 2.45) is 0 Å². The van der Waals surface area contributed by atoms with Crippen molar-refractivity contribution >= 4 is 27.3 Å². The van der Waals surface area contributed by atoms with Gasteiger partial charge >= 0.3 is 0 Å². The van der Waals surface area contributed by atoms with Gasteiger partial charge in [0.2, 0.25) is 5.91 Å². The Morgan fingerprint density at radius 1 is 1.00 bits per heavy atom. The number of nitrogens with zero attached hydrogens (tertiary/aromatic N) is 2. The van der Waals surface area contributed by atoms with Crippen LogP contribution in [-0.2, 0) is 14.8 Å². The van der Waals surface area contributed by atoms with E-state index in [0.29, 0.717) is 28.3 Å². The van der Waals surface area contributed by atoms with Crippen LogP contribution in [0.15, 0.2) is 84.1 Å². The summed E-state index contributed by atoms with van der Waals surface area (Å²) in [5.41, 5.74) is 3.71. The molecule has 4 aromatic rings. The number of amides is 1. The first-order valence-corrected chi connectivity index (χ1v) is 11.9. The summed E-state index contributed by atoms with van der Waals surface area (Å²) in [5, 5.41) is 2.72. The van der Waals surface area contributed by atoms with Crippen molar-refractivity contribution in [2.75, 3.05) is 17.1 Å². The number of sulfonamides is 1. The minimum absolute atomic E-state index is 0.114. The predicted octanol–water partition coefficient (Wildman–Crippen LogP) is 4.62. The monoisotopic (exact) mass is 476 g/mol. The molecule has 0 aliphatic rings. The van der Waals surface area contributed by atoms with Crippen LogP contribution >= 0.6 is 0 Å². The molecule has 0 saturated heterocycles. The zero-order chi connectivity index (χ0) is 24.3. The van der Waals surface area contributed by atoms with Crippen LogP contribution in [0.1, 0.15) is 12.6 Å². The number of benzene rings is 3. The summed E-state index contributed by atoms with van der Waals surface area (Å²) < 4.78 is 36.7. The van der Waals surface area contributed by atoms with Crippen molar-refractivity contribution in [2.45, 2.75) is 18.7 Å². The van der Waals surface area contributed by atoms with Crippen LogP contribution in [-0.4, -0.2) is 31.0 Å². The van der Waals surface area contributed by atoms with E-state index in [1.54, 1.807) is 73.1 Å². The Morgan fingerprint density at radius 3 is 2.50 bits per heavy atom. The molecule has 0 unspecified atom stereocenters. The normalized spacial score (nSPS) is 11.1. The van der Waals surface area contributed by atoms with E-state index in [4.69, 9.17) is 4.74 Å². The zero-order valence-corrected chi connectivity index (χ0v) is 19.8. The number of aryl methyl sites for hydroxylation is 1. The Morgan fingerprint density at radius 2 is 1.79 bits per heavy atom. The Bertz CT molecular complexity index is 1460. The van der Waals surface area contributed by atoms with Crippen LogP contribution in [0.4, 0.5) is 11.4 Å². The molecule has 4 rings (SSSR count). The maximum Gasteiger partial charge on any atom is 0.262 e. The number of hydrogen-bond donors (Lipinski definition) is 2. The Balaban J connectivity index is 1.68. The molecule has 0 spiro atoms. The molecule has 3 aromatic carbocycles. The molecule has 34 heavy (non-hydrogen) atoms. The molecule has 0 saturated carbocycles. The van der Waals surface area contributed by atoms with E-state index in [-0.39, 0.29) is 10.8 Å². The quantitative estimate of drug-likeness (QED) is 0.405. The average Bonchev–Trinajstić information content (AvgIpc) is 3.24. The van der Waals surface area contributed by atoms with Gasteiger partial charge in [0.25, 0.3) is 10.0 Å². The lowest BCUT2D eigenvalue weighted by Crippen LogP contribution is -2.14. The summed E-state index contributed by atoms with van der Waals surface area (Å²) in [7, 11) is -2.41. The smallest absolute Gasteiger partial charge is 0.262 e. The van der Waals surface area contributed by atoms with Crippen molar-refractivity contribution in [1.82, 2.24) is 9.55 Å². The third-order valence-electron chi connectivity index (χ3n) is 5.09. The van der Waals surface area contributed by atoms with Gasteiger partial charge in [-0.15, -0.1) is 0 Å². The number of rotatable bonds is 7. The second-order valence-electron chi connectivity index (χ2n) is 7.67. The van der Waals surface area contributed by atoms with Gasteiger partial charge in [-0.1, -0.05) is 30.3 Å². The van der Waals surface area contributed by atoms with Crippen LogP contribution in [0.25, 0.3) is 16.8 Å². The van der Waals surface area contributed by atoms with Crippen molar-refractivity contribution < 1.29 is 17.9 Å². The molecule has 0 aliphatic carbocycles. The van der Waals surface area contributed by atoms with Gasteiger partial charge in [0.15, 0.2) is 0 Å². The molecule has 0 bridgehead atoms. The van der Waals surface area contributed by atoms with Crippen molar-refractivity contribution in [1.29, 1.82) is 0 Å². The lowest BCUT2D eigenvalue weighted by Gasteiger charge is -2.15. The number of hydrogen-bond acceptors (Lipinski definition) is 5. The van der Waals surface area contributed by atoms with E-state index in [9.17, 15) is 13.2 Å². The van der Waals surface area contributed by atoms with Crippen molar-refractivity contribution in [3.05, 3.63) is 84.9 Å². The van der Waals surface area contributed by atoms with Gasteiger partial charge in [0.05, 0.1) is 35.4 Å². The minimum atomic E-state index is -3.94. The lowest BCUT2D eigenvalue weighted by molar-refractivity contribution is -0.114. The Labute approximate surface area is 198 Å². The summed E-state index contributed by atoms with van der Waals surface area (Å²) >= 11 is 0. The number of carbonyl (C=O) groups excluding carboxylic acids is 1. The SMILES string of the molecule is COc1cc(NS(=O)(=O)c2ccccc2-c2cccc(NC(C)=O)c2)ccc1-n1cnc(C)c1. The highest BCUT2D eigenvalue weighted by molar-refractivity contribution is 7.92. The summed E-state index contributed by atoms with van der Waals surface area (Å²) in [6.07, 6.45) is 3.52. The van der Waals surface area contributed by atoms with Crippen LogP contribution in [0.5, 0.6) is 5.75 Å². The first kappa shape index (κ1) is 23.1. The van der Waals surface area contributed by atoms with Crippen molar-refractivity contribution in [3.8, 4) is 22.6 Å². The zero-order valence-electron chi connectivity index (χ0n) is 18.9. The molecule has 0 radical (unpaired) electrons. The molecule has 8 nitrogen and oxygen atoms in total. The van der Waals surface area contributed by atoms with Gasteiger partial charge in [0.1, 0.15) is 5.75 Å². The van der Waals surface area contributed by atoms with E-state index in [1.807, 2.05) is 17.7 Å². The van der Waals surface area contributed by atoms with E-state index in [1.165, 1.54) is 14.0 Å². The fourth-order valence-electron chi connectivity index (χ4n) is 3.62. The van der Waals surface area contributed by atoms with Gasteiger partial charge in [-0.3, -0.25) is 9.52 Å². The number of imidazole rings is 1. The predicted molar refractivity (Wildman–Crippen MR) is 132 cm³/mol. The standard InChI is InChI=1S/C25H24N4O4S/c1-17-15-29(16-26-17)23-12-11-21(14-24(23)33-3)28-34(31,32)25-10-5-4-9-22(25)19-7-6-8-20(13-19)27-18(2)30/h4-16,28H,1-3H3,(H,27,30). The van der Waals surface area contributed by atoms with Crippen LogP contribution in [0.2, 0.25) is 0 Å². The van der Waals surface area contributed by atoms with Gasteiger partial charge in [-0.25, -0.2) is 13.4 Å². The summed E-state index contributed by atoms with van der Waals surface area (Å²) in [6.45, 7) is 3.30. The topological polar surface area (TPSA) is 102 Å². The molecule has 1 heterocycles. The summed E-state index contributed by atoms with van der Waals surface area (Å²) in [4.78, 5) is 15.8. The van der Waals surface area contributed by atoms with Crippen LogP contribution in [0.3, 0.4) is 0 Å². The van der Waals surface area contributed by atoms with E-state index in [0.717, 1.165) is 11.4 Å². The molecule has 0 fully saturated rings. The summed E-state index contributed by atoms with van der Waals surface area (Å²) in [5.74, 6) is 0.289. The first-order valence-electron chi connectivity index (χ1n) is 10.5.